The van der Waals surface area contributed by atoms with E-state index in [0.29, 0.717) is 5.75 Å². The minimum absolute atomic E-state index is 0.0593. The minimum atomic E-state index is -4.42. The van der Waals surface area contributed by atoms with Crippen molar-refractivity contribution >= 4 is 21.9 Å². The Hall–Kier alpha value is -2.38. The number of rotatable bonds is 3. The van der Waals surface area contributed by atoms with Crippen LogP contribution in [0.3, 0.4) is 0 Å². The summed E-state index contributed by atoms with van der Waals surface area (Å²) in [4.78, 5) is 11.3. The quantitative estimate of drug-likeness (QED) is 0.848. The van der Waals surface area contributed by atoms with Crippen LogP contribution in [0.5, 0.6) is 5.75 Å². The molecule has 0 bridgehead atoms. The van der Waals surface area contributed by atoms with Crippen molar-refractivity contribution in [2.24, 2.45) is 0 Å². The Balaban J connectivity index is 2.17. The summed E-state index contributed by atoms with van der Waals surface area (Å²) in [5.41, 5.74) is -0.0593. The summed E-state index contributed by atoms with van der Waals surface area (Å²) in [5, 5.41) is 2.27. The fourth-order valence-corrected chi connectivity index (χ4v) is 2.17. The monoisotopic (exact) mass is 293 g/mol. The van der Waals surface area contributed by atoms with Gasteiger partial charge in [-0.1, -0.05) is 30.3 Å². The summed E-state index contributed by atoms with van der Waals surface area (Å²) in [6.07, 6.45) is -0.854. The Morgan fingerprint density at radius 3 is 2.25 bits per heavy atom. The minimum Gasteiger partial charge on any atom is -0.410 e. The van der Waals surface area contributed by atoms with Crippen LogP contribution in [0.15, 0.2) is 59.5 Å². The molecule has 0 spiro atoms. The number of hydrogen-bond donors (Lipinski definition) is 2. The van der Waals surface area contributed by atoms with Crippen molar-refractivity contribution in [2.45, 2.75) is 4.90 Å². The zero-order chi connectivity index (χ0) is 14.6. The van der Waals surface area contributed by atoms with Gasteiger partial charge in [0.1, 0.15) is 10.6 Å². The highest BCUT2D eigenvalue weighted by atomic mass is 32.2. The number of para-hydroxylation sites is 2. The zero-order valence-corrected chi connectivity index (χ0v) is 11.0. The van der Waals surface area contributed by atoms with E-state index in [1.165, 1.54) is 24.3 Å². The summed E-state index contributed by atoms with van der Waals surface area (Å²) in [6, 6.07) is 13.8. The Kier molecular flexibility index (Phi) is 4.02. The third-order valence-corrected chi connectivity index (χ3v) is 3.27. The molecular formula is C13H11NO5S. The molecule has 2 aromatic rings. The van der Waals surface area contributed by atoms with Gasteiger partial charge in [-0.3, -0.25) is 9.87 Å². The molecule has 0 saturated heterocycles. The molecule has 7 heteroatoms. The fraction of sp³-hybridized carbons (Fsp3) is 0. The van der Waals surface area contributed by atoms with Crippen LogP contribution in [0.2, 0.25) is 0 Å². The van der Waals surface area contributed by atoms with Crippen molar-refractivity contribution < 1.29 is 22.5 Å². The first-order chi connectivity index (χ1) is 9.47. The summed E-state index contributed by atoms with van der Waals surface area (Å²) in [5.74, 6) is 0.314. The Bertz CT molecular complexity index is 713. The zero-order valence-electron chi connectivity index (χ0n) is 10.2. The van der Waals surface area contributed by atoms with Gasteiger partial charge in [0, 0.05) is 0 Å². The summed E-state index contributed by atoms with van der Waals surface area (Å²) in [6.45, 7) is 0. The van der Waals surface area contributed by atoms with Gasteiger partial charge in [-0.25, -0.2) is 4.79 Å². The van der Waals surface area contributed by atoms with Crippen molar-refractivity contribution in [1.29, 1.82) is 0 Å². The molecule has 0 atom stereocenters. The molecule has 0 heterocycles. The van der Waals surface area contributed by atoms with Crippen LogP contribution in [0.25, 0.3) is 0 Å². The molecule has 2 rings (SSSR count). The van der Waals surface area contributed by atoms with Crippen molar-refractivity contribution in [3.8, 4) is 5.75 Å². The predicted octanol–water partition coefficient (Wildman–Crippen LogP) is 2.54. The molecule has 0 aliphatic carbocycles. The molecule has 20 heavy (non-hydrogen) atoms. The summed E-state index contributed by atoms with van der Waals surface area (Å²) < 4.78 is 36.3. The third kappa shape index (κ3) is 3.56. The van der Waals surface area contributed by atoms with Crippen LogP contribution in [-0.2, 0) is 10.1 Å². The smallest absolute Gasteiger partial charge is 0.410 e. The Morgan fingerprint density at radius 2 is 1.60 bits per heavy atom. The van der Waals surface area contributed by atoms with Gasteiger partial charge in [0.05, 0.1) is 5.69 Å². The van der Waals surface area contributed by atoms with E-state index in [2.05, 4.69) is 5.32 Å². The first kappa shape index (κ1) is 14.0. The molecule has 0 radical (unpaired) electrons. The molecule has 0 aliphatic heterocycles. The third-order valence-electron chi connectivity index (χ3n) is 2.36. The second-order valence-corrected chi connectivity index (χ2v) is 5.19. The van der Waals surface area contributed by atoms with Gasteiger partial charge in [0.25, 0.3) is 10.1 Å². The van der Waals surface area contributed by atoms with E-state index in [-0.39, 0.29) is 5.69 Å². The van der Waals surface area contributed by atoms with E-state index >= 15 is 0 Å². The molecule has 0 fully saturated rings. The molecule has 0 saturated carbocycles. The lowest BCUT2D eigenvalue weighted by atomic mass is 10.3. The van der Waals surface area contributed by atoms with Crippen LogP contribution in [0, 0.1) is 0 Å². The summed E-state index contributed by atoms with van der Waals surface area (Å²) in [7, 11) is -4.42. The number of hydrogen-bond acceptors (Lipinski definition) is 4. The van der Waals surface area contributed by atoms with Crippen molar-refractivity contribution in [2.75, 3.05) is 5.32 Å². The molecule has 2 aromatic carbocycles. The van der Waals surface area contributed by atoms with E-state index < -0.39 is 21.1 Å². The van der Waals surface area contributed by atoms with Crippen molar-refractivity contribution in [3.05, 3.63) is 54.6 Å². The number of carbonyl (C=O) groups excluding carboxylic acids is 1. The van der Waals surface area contributed by atoms with Gasteiger partial charge in [0.15, 0.2) is 0 Å². The first-order valence-corrected chi connectivity index (χ1v) is 7.01. The molecular weight excluding hydrogens is 282 g/mol. The second-order valence-electron chi connectivity index (χ2n) is 3.80. The Labute approximate surface area is 115 Å². The maximum Gasteiger partial charge on any atom is 0.417 e. The highest BCUT2D eigenvalue weighted by Gasteiger charge is 2.16. The molecule has 6 nitrogen and oxygen atoms in total. The highest BCUT2D eigenvalue weighted by Crippen LogP contribution is 2.20. The van der Waals surface area contributed by atoms with Crippen LogP contribution in [-0.4, -0.2) is 19.1 Å². The van der Waals surface area contributed by atoms with Gasteiger partial charge in [-0.2, -0.15) is 8.42 Å². The number of ether oxygens (including phenoxy) is 1. The van der Waals surface area contributed by atoms with Crippen LogP contribution < -0.4 is 10.1 Å². The van der Waals surface area contributed by atoms with Crippen LogP contribution in [0.1, 0.15) is 0 Å². The number of nitrogens with one attached hydrogen (secondary N) is 1. The molecule has 0 aliphatic rings. The standard InChI is InChI=1S/C13H11NO5S/c15-13(19-10-6-2-1-3-7-10)14-11-8-4-5-9-12(11)20(16,17)18/h1-9H,(H,14,15)(H,16,17,18). The number of anilines is 1. The average Bonchev–Trinajstić information content (AvgIpc) is 2.39. The molecule has 2 N–H and O–H groups in total. The maximum absolute atomic E-state index is 11.7. The largest absolute Gasteiger partial charge is 0.417 e. The topological polar surface area (TPSA) is 92.7 Å². The van der Waals surface area contributed by atoms with Gasteiger partial charge in [-0.15, -0.1) is 0 Å². The lowest BCUT2D eigenvalue weighted by Gasteiger charge is -2.09. The van der Waals surface area contributed by atoms with Crippen molar-refractivity contribution in [3.63, 3.8) is 0 Å². The van der Waals surface area contributed by atoms with Crippen molar-refractivity contribution in [1.82, 2.24) is 0 Å². The van der Waals surface area contributed by atoms with E-state index in [4.69, 9.17) is 9.29 Å². The normalized spacial score (nSPS) is 10.8. The van der Waals surface area contributed by atoms with Gasteiger partial charge in [-0.05, 0) is 24.3 Å². The first-order valence-electron chi connectivity index (χ1n) is 5.57. The van der Waals surface area contributed by atoms with Gasteiger partial charge >= 0.3 is 6.09 Å². The molecule has 1 amide bonds. The van der Waals surface area contributed by atoms with E-state index in [1.807, 2.05) is 0 Å². The molecule has 0 unspecified atom stereocenters. The van der Waals surface area contributed by atoms with Crippen LogP contribution >= 0.6 is 0 Å². The molecule has 104 valence electrons. The van der Waals surface area contributed by atoms with E-state index in [9.17, 15) is 13.2 Å². The number of amides is 1. The lowest BCUT2D eigenvalue weighted by Crippen LogP contribution is -2.18. The lowest BCUT2D eigenvalue weighted by molar-refractivity contribution is 0.215. The number of carbonyl (C=O) groups is 1. The predicted molar refractivity (Wildman–Crippen MR) is 72.3 cm³/mol. The fourth-order valence-electron chi connectivity index (χ4n) is 1.53. The van der Waals surface area contributed by atoms with E-state index in [0.717, 1.165) is 0 Å². The average molecular weight is 293 g/mol. The van der Waals surface area contributed by atoms with Crippen LogP contribution in [0.4, 0.5) is 10.5 Å². The highest BCUT2D eigenvalue weighted by molar-refractivity contribution is 7.86. The van der Waals surface area contributed by atoms with Gasteiger partial charge < -0.3 is 4.74 Å². The maximum atomic E-state index is 11.7. The van der Waals surface area contributed by atoms with E-state index in [1.54, 1.807) is 30.3 Å². The van der Waals surface area contributed by atoms with Gasteiger partial charge in [0.2, 0.25) is 0 Å². The molecule has 0 aromatic heterocycles. The number of benzene rings is 2. The SMILES string of the molecule is O=C(Nc1ccccc1S(=O)(=O)O)Oc1ccccc1. The Morgan fingerprint density at radius 1 is 1.00 bits per heavy atom. The second kappa shape index (κ2) is 5.72. The summed E-state index contributed by atoms with van der Waals surface area (Å²) >= 11 is 0.